The van der Waals surface area contributed by atoms with Gasteiger partial charge in [0, 0.05) is 58.0 Å². The first-order chi connectivity index (χ1) is 14.7. The Morgan fingerprint density at radius 3 is 2.90 bits per heavy atom. The molecule has 3 rings (SSSR count). The fourth-order valence-corrected chi connectivity index (χ4v) is 3.55. The van der Waals surface area contributed by atoms with Gasteiger partial charge >= 0.3 is 0 Å². The zero-order chi connectivity index (χ0) is 21.2. The zero-order valence-electron chi connectivity index (χ0n) is 18.7. The smallest absolute Gasteiger partial charge is 0.191 e. The summed E-state index contributed by atoms with van der Waals surface area (Å²) in [5.41, 5.74) is 1.18. The predicted octanol–water partition coefficient (Wildman–Crippen LogP) is 3.04. The summed E-state index contributed by atoms with van der Waals surface area (Å²) in [6, 6.07) is 8.04. The van der Waals surface area contributed by atoms with Crippen molar-refractivity contribution in [3.8, 4) is 11.5 Å². The Bertz CT molecular complexity index is 813. The molecule has 1 fully saturated rings. The fraction of sp³-hybridized carbons (Fsp3) is 0.545. The quantitative estimate of drug-likeness (QED) is 0.220. The van der Waals surface area contributed by atoms with E-state index in [2.05, 4.69) is 33.8 Å². The first-order valence-corrected chi connectivity index (χ1v) is 10.7. The number of aliphatic imine (C=N–C) groups is 1. The summed E-state index contributed by atoms with van der Waals surface area (Å²) in [7, 11) is 3.61. The number of rotatable bonds is 9. The van der Waals surface area contributed by atoms with Crippen molar-refractivity contribution in [1.29, 1.82) is 0 Å². The molecule has 0 amide bonds. The van der Waals surface area contributed by atoms with E-state index in [0.29, 0.717) is 19.2 Å². The average molecular weight is 542 g/mol. The molecule has 0 spiro atoms. The van der Waals surface area contributed by atoms with Gasteiger partial charge in [-0.25, -0.2) is 0 Å². The van der Waals surface area contributed by atoms with E-state index in [0.717, 1.165) is 56.4 Å². The number of nitrogens with zero attached hydrogens (tertiary/aromatic N) is 4. The monoisotopic (exact) mass is 542 g/mol. The van der Waals surface area contributed by atoms with Crippen molar-refractivity contribution < 1.29 is 9.47 Å². The van der Waals surface area contributed by atoms with Crippen molar-refractivity contribution in [2.45, 2.75) is 32.2 Å². The molecule has 1 aromatic carbocycles. The number of halogens is 1. The molecule has 2 heterocycles. The van der Waals surface area contributed by atoms with Crippen molar-refractivity contribution >= 4 is 35.6 Å². The van der Waals surface area contributed by atoms with Crippen LogP contribution < -0.4 is 25.0 Å². The fourth-order valence-electron chi connectivity index (χ4n) is 3.55. The van der Waals surface area contributed by atoms with Crippen molar-refractivity contribution in [2.75, 3.05) is 44.8 Å². The molecule has 0 radical (unpaired) electrons. The van der Waals surface area contributed by atoms with Crippen LogP contribution in [-0.2, 0) is 7.05 Å². The van der Waals surface area contributed by atoms with Crippen LogP contribution in [0.25, 0.3) is 0 Å². The van der Waals surface area contributed by atoms with Crippen LogP contribution in [0.5, 0.6) is 11.5 Å². The van der Waals surface area contributed by atoms with E-state index in [1.807, 2.05) is 42.2 Å². The van der Waals surface area contributed by atoms with E-state index < -0.39 is 0 Å². The number of nitrogens with one attached hydrogen (secondary N) is 2. The molecule has 0 bridgehead atoms. The lowest BCUT2D eigenvalue weighted by atomic mass is 10.1. The van der Waals surface area contributed by atoms with Gasteiger partial charge in [0.15, 0.2) is 5.96 Å². The van der Waals surface area contributed by atoms with Gasteiger partial charge in [0.05, 0.1) is 25.6 Å². The van der Waals surface area contributed by atoms with Gasteiger partial charge in [0.2, 0.25) is 0 Å². The second-order valence-corrected chi connectivity index (χ2v) is 7.44. The predicted molar refractivity (Wildman–Crippen MR) is 136 cm³/mol. The highest BCUT2D eigenvalue weighted by Gasteiger charge is 2.21. The summed E-state index contributed by atoms with van der Waals surface area (Å²) < 4.78 is 12.9. The van der Waals surface area contributed by atoms with Gasteiger partial charge in [-0.2, -0.15) is 5.10 Å². The van der Waals surface area contributed by atoms with Gasteiger partial charge in [-0.15, -0.1) is 24.0 Å². The van der Waals surface area contributed by atoms with Crippen LogP contribution in [-0.4, -0.2) is 61.7 Å². The molecular formula is C22H35IN6O2. The van der Waals surface area contributed by atoms with Crippen LogP contribution in [0.15, 0.2) is 41.7 Å². The Morgan fingerprint density at radius 2 is 2.16 bits per heavy atom. The highest BCUT2D eigenvalue weighted by Crippen LogP contribution is 2.20. The van der Waals surface area contributed by atoms with E-state index in [9.17, 15) is 0 Å². The van der Waals surface area contributed by atoms with E-state index >= 15 is 0 Å². The van der Waals surface area contributed by atoms with E-state index in [1.165, 1.54) is 5.69 Å². The molecule has 1 saturated heterocycles. The van der Waals surface area contributed by atoms with E-state index in [4.69, 9.17) is 14.5 Å². The van der Waals surface area contributed by atoms with Gasteiger partial charge in [0.1, 0.15) is 11.5 Å². The van der Waals surface area contributed by atoms with Crippen LogP contribution in [0.4, 0.5) is 5.69 Å². The molecule has 0 saturated carbocycles. The second kappa shape index (κ2) is 13.3. The maximum Gasteiger partial charge on any atom is 0.191 e. The number of hydrogen-bond acceptors (Lipinski definition) is 5. The number of benzene rings is 1. The molecule has 31 heavy (non-hydrogen) atoms. The minimum Gasteiger partial charge on any atom is -0.497 e. The van der Waals surface area contributed by atoms with Gasteiger partial charge in [-0.3, -0.25) is 9.67 Å². The number of aryl methyl sites for hydroxylation is 1. The summed E-state index contributed by atoms with van der Waals surface area (Å²) in [4.78, 5) is 7.12. The SMILES string of the molecule is CCNC(=NCCCOc1cccc(OC)c1)NC1CCCN(c2cnn(C)c2)C1.I. The first kappa shape index (κ1) is 25.1. The lowest BCUT2D eigenvalue weighted by Crippen LogP contribution is -2.51. The number of aromatic nitrogens is 2. The molecule has 1 aromatic heterocycles. The Labute approximate surface area is 202 Å². The summed E-state index contributed by atoms with van der Waals surface area (Å²) in [5, 5.41) is 11.3. The summed E-state index contributed by atoms with van der Waals surface area (Å²) in [6.45, 7) is 6.28. The molecule has 172 valence electrons. The third kappa shape index (κ3) is 8.12. The first-order valence-electron chi connectivity index (χ1n) is 10.7. The normalized spacial score (nSPS) is 16.4. The number of anilines is 1. The summed E-state index contributed by atoms with van der Waals surface area (Å²) in [5.74, 6) is 2.50. The standard InChI is InChI=1S/C22H34N6O2.HI/c1-4-23-22(24-11-7-13-30-21-10-5-9-20(14-21)29-3)26-18-8-6-12-28(16-18)19-15-25-27(2)17-19;/h5,9-10,14-15,17-18H,4,6-8,11-13,16H2,1-3H3,(H2,23,24,26);1H. The molecule has 2 N–H and O–H groups in total. The molecule has 9 heteroatoms. The van der Waals surface area contributed by atoms with Crippen LogP contribution in [0.1, 0.15) is 26.2 Å². The molecular weight excluding hydrogens is 507 g/mol. The number of ether oxygens (including phenoxy) is 2. The van der Waals surface area contributed by atoms with E-state index in [-0.39, 0.29) is 24.0 Å². The number of hydrogen-bond donors (Lipinski definition) is 2. The molecule has 8 nitrogen and oxygen atoms in total. The molecule has 1 aliphatic heterocycles. The van der Waals surface area contributed by atoms with Crippen molar-refractivity contribution in [3.05, 3.63) is 36.7 Å². The van der Waals surface area contributed by atoms with Gasteiger partial charge in [-0.05, 0) is 31.9 Å². The summed E-state index contributed by atoms with van der Waals surface area (Å²) >= 11 is 0. The molecule has 1 unspecified atom stereocenters. The maximum absolute atomic E-state index is 5.80. The molecule has 2 aromatic rings. The van der Waals surface area contributed by atoms with Crippen LogP contribution in [0.3, 0.4) is 0 Å². The average Bonchev–Trinajstić information content (AvgIpc) is 3.20. The van der Waals surface area contributed by atoms with Crippen molar-refractivity contribution in [2.24, 2.45) is 12.0 Å². The molecule has 1 atom stereocenters. The number of guanidine groups is 1. The Hall–Kier alpha value is -2.17. The highest BCUT2D eigenvalue weighted by atomic mass is 127. The minimum atomic E-state index is 0. The van der Waals surface area contributed by atoms with Gasteiger partial charge in [-0.1, -0.05) is 6.07 Å². The van der Waals surface area contributed by atoms with Crippen LogP contribution in [0.2, 0.25) is 0 Å². The highest BCUT2D eigenvalue weighted by molar-refractivity contribution is 14.0. The topological polar surface area (TPSA) is 75.9 Å². The lowest BCUT2D eigenvalue weighted by molar-refractivity contribution is 0.311. The third-order valence-electron chi connectivity index (χ3n) is 5.05. The molecule has 0 aliphatic carbocycles. The van der Waals surface area contributed by atoms with Gasteiger partial charge in [0.25, 0.3) is 0 Å². The van der Waals surface area contributed by atoms with Gasteiger partial charge < -0.3 is 25.0 Å². The number of methoxy groups -OCH3 is 1. The zero-order valence-corrected chi connectivity index (χ0v) is 21.0. The van der Waals surface area contributed by atoms with Crippen molar-refractivity contribution in [1.82, 2.24) is 20.4 Å². The maximum atomic E-state index is 5.80. The molecule has 1 aliphatic rings. The lowest BCUT2D eigenvalue weighted by Gasteiger charge is -2.34. The second-order valence-electron chi connectivity index (χ2n) is 7.44. The van der Waals surface area contributed by atoms with Crippen molar-refractivity contribution in [3.63, 3.8) is 0 Å². The third-order valence-corrected chi connectivity index (χ3v) is 5.05. The summed E-state index contributed by atoms with van der Waals surface area (Å²) in [6.07, 6.45) is 7.15. The Morgan fingerprint density at radius 1 is 1.32 bits per heavy atom. The van der Waals surface area contributed by atoms with Crippen LogP contribution in [0, 0.1) is 0 Å². The largest absolute Gasteiger partial charge is 0.497 e. The minimum absolute atomic E-state index is 0. The van der Waals surface area contributed by atoms with Crippen LogP contribution >= 0.6 is 24.0 Å². The van der Waals surface area contributed by atoms with E-state index in [1.54, 1.807) is 7.11 Å². The number of piperidine rings is 1. The Balaban J connectivity index is 0.00000341. The Kier molecular flexibility index (Phi) is 10.8.